The van der Waals surface area contributed by atoms with Crippen molar-refractivity contribution in [2.45, 2.75) is 24.9 Å². The van der Waals surface area contributed by atoms with Crippen molar-refractivity contribution in [1.82, 2.24) is 19.9 Å². The molecule has 0 amide bonds. The van der Waals surface area contributed by atoms with Gasteiger partial charge in [0.15, 0.2) is 11.0 Å². The fourth-order valence-corrected chi connectivity index (χ4v) is 3.70. The average Bonchev–Trinajstić information content (AvgIpc) is 3.13. The maximum absolute atomic E-state index is 13.3. The Morgan fingerprint density at radius 3 is 2.52 bits per heavy atom. The summed E-state index contributed by atoms with van der Waals surface area (Å²) in [5.41, 5.74) is 4.22. The predicted octanol–water partition coefficient (Wildman–Crippen LogP) is 5.72. The first-order chi connectivity index (χ1) is 13.2. The van der Waals surface area contributed by atoms with Gasteiger partial charge in [0.2, 0.25) is 0 Å². The second-order valence-corrected chi connectivity index (χ2v) is 7.29. The topological polar surface area (TPSA) is 54.5 Å². The lowest BCUT2D eigenvalue weighted by Crippen LogP contribution is -1.96. The molecule has 1 N–H and O–H groups in total. The molecule has 0 saturated carbocycles. The van der Waals surface area contributed by atoms with Crippen LogP contribution in [0.5, 0.6) is 0 Å². The molecule has 27 heavy (non-hydrogen) atoms. The number of nitrogens with one attached hydrogen (secondary N) is 1. The highest BCUT2D eigenvalue weighted by Gasteiger charge is 2.12. The summed E-state index contributed by atoms with van der Waals surface area (Å²) in [5, 5.41) is 0.709. The Labute approximate surface area is 161 Å². The number of imidazole rings is 1. The summed E-state index contributed by atoms with van der Waals surface area (Å²) in [5.74, 6) is 1.41. The van der Waals surface area contributed by atoms with Crippen molar-refractivity contribution >= 4 is 22.8 Å². The van der Waals surface area contributed by atoms with E-state index in [9.17, 15) is 4.39 Å². The normalized spacial score (nSPS) is 11.2. The fourth-order valence-electron chi connectivity index (χ4n) is 2.76. The standard InChI is InChI=1S/C21H19FN4S/c1-2-3-12-27-21-25-18(14-8-10-15(22)11-9-14)13-19(26-21)20-23-16-6-4-5-7-17(16)24-20/h4-11,13H,2-3,12H2,1H3,(H,23,24). The van der Waals surface area contributed by atoms with Gasteiger partial charge in [0.1, 0.15) is 11.5 Å². The van der Waals surface area contributed by atoms with Gasteiger partial charge < -0.3 is 4.98 Å². The molecule has 136 valence electrons. The number of H-pyrrole nitrogens is 1. The molecule has 0 fully saturated rings. The molecule has 4 nitrogen and oxygen atoms in total. The van der Waals surface area contributed by atoms with E-state index >= 15 is 0 Å². The van der Waals surface area contributed by atoms with Crippen LogP contribution < -0.4 is 0 Å². The number of aromatic nitrogens is 4. The molecule has 2 aromatic carbocycles. The SMILES string of the molecule is CCCCSc1nc(-c2ccc(F)cc2)cc(-c2nc3ccccc3[nH]2)n1. The van der Waals surface area contributed by atoms with Crippen LogP contribution in [0.3, 0.4) is 0 Å². The van der Waals surface area contributed by atoms with Gasteiger partial charge in [0.05, 0.1) is 16.7 Å². The maximum atomic E-state index is 13.3. The Morgan fingerprint density at radius 2 is 1.74 bits per heavy atom. The minimum atomic E-state index is -0.261. The van der Waals surface area contributed by atoms with Crippen LogP contribution in [0.2, 0.25) is 0 Å². The molecular weight excluding hydrogens is 359 g/mol. The molecule has 2 heterocycles. The van der Waals surface area contributed by atoms with Crippen LogP contribution in [-0.4, -0.2) is 25.7 Å². The van der Waals surface area contributed by atoms with Gasteiger partial charge in [-0.1, -0.05) is 37.2 Å². The van der Waals surface area contributed by atoms with Gasteiger partial charge in [-0.3, -0.25) is 0 Å². The van der Waals surface area contributed by atoms with Gasteiger partial charge >= 0.3 is 0 Å². The molecular formula is C21H19FN4S. The number of fused-ring (bicyclic) bond motifs is 1. The number of hydrogen-bond acceptors (Lipinski definition) is 4. The van der Waals surface area contributed by atoms with Crippen LogP contribution in [0.1, 0.15) is 19.8 Å². The monoisotopic (exact) mass is 378 g/mol. The minimum Gasteiger partial charge on any atom is -0.337 e. The first-order valence-corrected chi connectivity index (χ1v) is 9.94. The third kappa shape index (κ3) is 4.01. The summed E-state index contributed by atoms with van der Waals surface area (Å²) in [6, 6.07) is 16.2. The van der Waals surface area contributed by atoms with Crippen LogP contribution in [0, 0.1) is 5.82 Å². The number of hydrogen-bond donors (Lipinski definition) is 1. The minimum absolute atomic E-state index is 0.261. The first kappa shape index (κ1) is 17.7. The van der Waals surface area contributed by atoms with E-state index in [1.165, 1.54) is 12.1 Å². The molecule has 0 aliphatic heterocycles. The zero-order valence-electron chi connectivity index (χ0n) is 14.9. The van der Waals surface area contributed by atoms with Crippen LogP contribution in [0.15, 0.2) is 59.8 Å². The molecule has 0 radical (unpaired) electrons. The molecule has 0 atom stereocenters. The molecule has 4 rings (SSSR count). The van der Waals surface area contributed by atoms with Crippen molar-refractivity contribution < 1.29 is 4.39 Å². The van der Waals surface area contributed by atoms with Crippen molar-refractivity contribution in [3.8, 4) is 22.8 Å². The highest BCUT2D eigenvalue weighted by Crippen LogP contribution is 2.27. The molecule has 0 bridgehead atoms. The summed E-state index contributed by atoms with van der Waals surface area (Å²) in [7, 11) is 0. The molecule has 0 aliphatic carbocycles. The maximum Gasteiger partial charge on any atom is 0.188 e. The van der Waals surface area contributed by atoms with Crippen molar-refractivity contribution in [2.75, 3.05) is 5.75 Å². The van der Waals surface area contributed by atoms with E-state index in [2.05, 4.69) is 21.9 Å². The molecule has 4 aromatic rings. The molecule has 6 heteroatoms. The summed E-state index contributed by atoms with van der Waals surface area (Å²) >= 11 is 1.63. The third-order valence-electron chi connectivity index (χ3n) is 4.21. The van der Waals surface area contributed by atoms with E-state index in [0.29, 0.717) is 11.0 Å². The van der Waals surface area contributed by atoms with E-state index < -0.39 is 0 Å². The molecule has 0 saturated heterocycles. The van der Waals surface area contributed by atoms with E-state index in [0.717, 1.165) is 46.6 Å². The second-order valence-electron chi connectivity index (χ2n) is 6.23. The van der Waals surface area contributed by atoms with Gasteiger partial charge in [0, 0.05) is 11.3 Å². The van der Waals surface area contributed by atoms with Crippen molar-refractivity contribution in [2.24, 2.45) is 0 Å². The van der Waals surface area contributed by atoms with E-state index in [-0.39, 0.29) is 5.82 Å². The number of unbranched alkanes of at least 4 members (excludes halogenated alkanes) is 1. The molecule has 0 aliphatic rings. The summed E-state index contributed by atoms with van der Waals surface area (Å²) in [6.07, 6.45) is 2.23. The van der Waals surface area contributed by atoms with E-state index in [4.69, 9.17) is 4.98 Å². The van der Waals surface area contributed by atoms with Gasteiger partial charge in [-0.15, -0.1) is 0 Å². The first-order valence-electron chi connectivity index (χ1n) is 8.96. The Hall–Kier alpha value is -2.73. The highest BCUT2D eigenvalue weighted by molar-refractivity contribution is 7.99. The van der Waals surface area contributed by atoms with Crippen LogP contribution in [0.25, 0.3) is 33.8 Å². The smallest absolute Gasteiger partial charge is 0.188 e. The molecule has 2 aromatic heterocycles. The number of thioether (sulfide) groups is 1. The Balaban J connectivity index is 1.78. The van der Waals surface area contributed by atoms with Crippen molar-refractivity contribution in [3.05, 3.63) is 60.4 Å². The lowest BCUT2D eigenvalue weighted by molar-refractivity contribution is 0.628. The molecule has 0 spiro atoms. The van der Waals surface area contributed by atoms with Gasteiger partial charge in [-0.25, -0.2) is 19.3 Å². The lowest BCUT2D eigenvalue weighted by atomic mass is 10.1. The second kappa shape index (κ2) is 7.88. The Morgan fingerprint density at radius 1 is 0.963 bits per heavy atom. The van der Waals surface area contributed by atoms with Crippen LogP contribution in [-0.2, 0) is 0 Å². The largest absolute Gasteiger partial charge is 0.337 e. The highest BCUT2D eigenvalue weighted by atomic mass is 32.2. The van der Waals surface area contributed by atoms with Crippen molar-refractivity contribution in [1.29, 1.82) is 0 Å². The Bertz CT molecular complexity index is 1030. The van der Waals surface area contributed by atoms with Crippen molar-refractivity contribution in [3.63, 3.8) is 0 Å². The number of aromatic amines is 1. The van der Waals surface area contributed by atoms with Gasteiger partial charge in [0.25, 0.3) is 0 Å². The zero-order chi connectivity index (χ0) is 18.6. The van der Waals surface area contributed by atoms with E-state index in [1.54, 1.807) is 23.9 Å². The summed E-state index contributed by atoms with van der Waals surface area (Å²) in [6.45, 7) is 2.16. The van der Waals surface area contributed by atoms with Crippen LogP contribution in [0.4, 0.5) is 4.39 Å². The summed E-state index contributed by atoms with van der Waals surface area (Å²) < 4.78 is 13.3. The predicted molar refractivity (Wildman–Crippen MR) is 108 cm³/mol. The zero-order valence-corrected chi connectivity index (χ0v) is 15.8. The van der Waals surface area contributed by atoms with E-state index in [1.807, 2.05) is 30.3 Å². The lowest BCUT2D eigenvalue weighted by Gasteiger charge is -2.07. The van der Waals surface area contributed by atoms with Crippen LogP contribution >= 0.6 is 11.8 Å². The fraction of sp³-hybridized carbons (Fsp3) is 0.190. The number of nitrogens with zero attached hydrogens (tertiary/aromatic N) is 3. The molecule has 0 unspecified atom stereocenters. The number of benzene rings is 2. The number of rotatable bonds is 6. The van der Waals surface area contributed by atoms with Gasteiger partial charge in [-0.05, 0) is 48.9 Å². The third-order valence-corrected chi connectivity index (χ3v) is 5.14. The summed E-state index contributed by atoms with van der Waals surface area (Å²) in [4.78, 5) is 17.3. The average molecular weight is 378 g/mol. The quantitative estimate of drug-likeness (QED) is 0.265. The Kier molecular flexibility index (Phi) is 5.16. The van der Waals surface area contributed by atoms with Gasteiger partial charge in [-0.2, -0.15) is 0 Å². The number of para-hydroxylation sites is 2. The number of halogens is 1.